The molecule has 0 bridgehead atoms. The van der Waals surface area contributed by atoms with E-state index in [2.05, 4.69) is 15.4 Å². The van der Waals surface area contributed by atoms with Crippen LogP contribution < -0.4 is 5.32 Å². The first-order chi connectivity index (χ1) is 10.7. The molecule has 1 amide bonds. The number of halogens is 1. The van der Waals surface area contributed by atoms with Crippen LogP contribution >= 0.6 is 11.6 Å². The number of amides is 1. The van der Waals surface area contributed by atoms with E-state index in [0.717, 1.165) is 16.6 Å². The van der Waals surface area contributed by atoms with Gasteiger partial charge >= 0.3 is 0 Å². The number of rotatable bonds is 5. The van der Waals surface area contributed by atoms with E-state index in [1.165, 1.54) is 0 Å². The minimum Gasteiger partial charge on any atom is -0.350 e. The predicted molar refractivity (Wildman–Crippen MR) is 85.4 cm³/mol. The third-order valence-electron chi connectivity index (χ3n) is 3.35. The Kier molecular flexibility index (Phi) is 4.34. The van der Waals surface area contributed by atoms with Crippen molar-refractivity contribution in [1.82, 2.24) is 20.1 Å². The summed E-state index contributed by atoms with van der Waals surface area (Å²) in [6, 6.07) is 11.2. The van der Waals surface area contributed by atoms with E-state index in [9.17, 15) is 4.79 Å². The summed E-state index contributed by atoms with van der Waals surface area (Å²) in [4.78, 5) is 16.1. The Hall–Kier alpha value is -2.40. The number of carbonyl (C=O) groups excluding carboxylic acids is 1. The molecule has 0 saturated heterocycles. The van der Waals surface area contributed by atoms with Crippen LogP contribution in [0.2, 0.25) is 5.02 Å². The van der Waals surface area contributed by atoms with E-state index in [-0.39, 0.29) is 5.91 Å². The molecule has 0 fully saturated rings. The van der Waals surface area contributed by atoms with Gasteiger partial charge in [0.2, 0.25) is 5.91 Å². The fourth-order valence-corrected chi connectivity index (χ4v) is 2.40. The zero-order valence-corrected chi connectivity index (χ0v) is 12.6. The van der Waals surface area contributed by atoms with E-state index < -0.39 is 0 Å². The summed E-state index contributed by atoms with van der Waals surface area (Å²) in [5.74, 6) is -0.0248. The second kappa shape index (κ2) is 6.58. The van der Waals surface area contributed by atoms with Gasteiger partial charge < -0.3 is 5.32 Å². The molecule has 0 radical (unpaired) electrons. The van der Waals surface area contributed by atoms with Crippen molar-refractivity contribution in [3.63, 3.8) is 0 Å². The quantitative estimate of drug-likeness (QED) is 0.787. The molecule has 22 heavy (non-hydrogen) atoms. The van der Waals surface area contributed by atoms with Gasteiger partial charge in [0.05, 0.1) is 30.5 Å². The van der Waals surface area contributed by atoms with E-state index in [4.69, 9.17) is 11.6 Å². The number of nitrogens with one attached hydrogen (secondary N) is 1. The summed E-state index contributed by atoms with van der Waals surface area (Å²) in [6.07, 6.45) is 3.84. The van der Waals surface area contributed by atoms with Crippen LogP contribution in [0.15, 0.2) is 48.8 Å². The van der Waals surface area contributed by atoms with Gasteiger partial charge in [0.25, 0.3) is 0 Å². The maximum Gasteiger partial charge on any atom is 0.222 e. The molecule has 3 aromatic rings. The van der Waals surface area contributed by atoms with Crippen molar-refractivity contribution in [1.29, 1.82) is 0 Å². The minimum atomic E-state index is -0.0248. The van der Waals surface area contributed by atoms with Gasteiger partial charge in [-0.2, -0.15) is 5.10 Å². The number of carbonyl (C=O) groups is 1. The topological polar surface area (TPSA) is 59.8 Å². The fourth-order valence-electron chi connectivity index (χ4n) is 2.22. The zero-order chi connectivity index (χ0) is 15.4. The Morgan fingerprint density at radius 3 is 3.00 bits per heavy atom. The van der Waals surface area contributed by atoms with E-state index in [1.807, 2.05) is 41.1 Å². The summed E-state index contributed by atoms with van der Waals surface area (Å²) in [6.45, 7) is 0.967. The monoisotopic (exact) mass is 314 g/mol. The lowest BCUT2D eigenvalue weighted by atomic mass is 10.2. The molecule has 112 valence electrons. The van der Waals surface area contributed by atoms with Gasteiger partial charge in [-0.25, -0.2) is 0 Å². The van der Waals surface area contributed by atoms with Crippen LogP contribution in [0.5, 0.6) is 0 Å². The summed E-state index contributed by atoms with van der Waals surface area (Å²) >= 11 is 5.95. The van der Waals surface area contributed by atoms with Crippen molar-refractivity contribution in [3.8, 4) is 0 Å². The third kappa shape index (κ3) is 3.43. The van der Waals surface area contributed by atoms with E-state index in [1.54, 1.807) is 12.4 Å². The third-order valence-corrected chi connectivity index (χ3v) is 3.58. The molecule has 1 aromatic carbocycles. The van der Waals surface area contributed by atoms with Crippen LogP contribution in [-0.4, -0.2) is 20.7 Å². The Morgan fingerprint density at radius 2 is 2.18 bits per heavy atom. The SMILES string of the molecule is O=C(CCn1ncc2cc(Cl)ccc21)NCc1ccccn1. The van der Waals surface area contributed by atoms with E-state index >= 15 is 0 Å². The maximum absolute atomic E-state index is 11.9. The molecule has 2 aromatic heterocycles. The Labute approximate surface area is 132 Å². The Bertz CT molecular complexity index is 785. The molecule has 3 rings (SSSR count). The van der Waals surface area contributed by atoms with Crippen LogP contribution in [0.1, 0.15) is 12.1 Å². The van der Waals surface area contributed by atoms with E-state index in [0.29, 0.717) is 24.5 Å². The number of hydrogen-bond acceptors (Lipinski definition) is 3. The molecule has 0 aliphatic carbocycles. The maximum atomic E-state index is 11.9. The highest BCUT2D eigenvalue weighted by atomic mass is 35.5. The average molecular weight is 315 g/mol. The summed E-state index contributed by atoms with van der Waals surface area (Å²) < 4.78 is 1.81. The average Bonchev–Trinajstić information content (AvgIpc) is 2.94. The normalized spacial score (nSPS) is 10.8. The first kappa shape index (κ1) is 14.5. The van der Waals surface area contributed by atoms with Gasteiger partial charge in [0.1, 0.15) is 0 Å². The number of nitrogens with zero attached hydrogens (tertiary/aromatic N) is 3. The Morgan fingerprint density at radius 1 is 1.27 bits per heavy atom. The van der Waals surface area contributed by atoms with Crippen LogP contribution in [0, 0.1) is 0 Å². The summed E-state index contributed by atoms with van der Waals surface area (Å²) in [7, 11) is 0. The molecule has 1 N–H and O–H groups in total. The van der Waals surface area contributed by atoms with Gasteiger partial charge in [-0.1, -0.05) is 17.7 Å². The molecule has 0 atom stereocenters. The molecular formula is C16H15ClN4O. The van der Waals surface area contributed by atoms with Crippen LogP contribution in [0.25, 0.3) is 10.9 Å². The van der Waals surface area contributed by atoms with Gasteiger partial charge in [-0.05, 0) is 30.3 Å². The highest BCUT2D eigenvalue weighted by molar-refractivity contribution is 6.31. The van der Waals surface area contributed by atoms with Crippen molar-refractivity contribution in [3.05, 3.63) is 59.5 Å². The predicted octanol–water partition coefficient (Wildman–Crippen LogP) is 2.79. The molecule has 0 saturated carbocycles. The van der Waals surface area contributed by atoms with Crippen molar-refractivity contribution >= 4 is 28.4 Å². The minimum absolute atomic E-state index is 0.0248. The van der Waals surface area contributed by atoms with Gasteiger partial charge in [0.15, 0.2) is 0 Å². The second-order valence-electron chi connectivity index (χ2n) is 4.92. The highest BCUT2D eigenvalue weighted by Crippen LogP contribution is 2.19. The molecule has 0 aliphatic heterocycles. The molecular weight excluding hydrogens is 300 g/mol. The van der Waals surface area contributed by atoms with Crippen molar-refractivity contribution < 1.29 is 4.79 Å². The lowest BCUT2D eigenvalue weighted by Crippen LogP contribution is -2.24. The van der Waals surface area contributed by atoms with Crippen molar-refractivity contribution in [2.75, 3.05) is 0 Å². The van der Waals surface area contributed by atoms with Crippen LogP contribution in [0.4, 0.5) is 0 Å². The highest BCUT2D eigenvalue weighted by Gasteiger charge is 2.06. The number of aryl methyl sites for hydroxylation is 1. The fraction of sp³-hybridized carbons (Fsp3) is 0.188. The smallest absolute Gasteiger partial charge is 0.222 e. The van der Waals surface area contributed by atoms with Crippen LogP contribution in [-0.2, 0) is 17.9 Å². The van der Waals surface area contributed by atoms with Crippen LogP contribution in [0.3, 0.4) is 0 Å². The molecule has 0 unspecified atom stereocenters. The zero-order valence-electron chi connectivity index (χ0n) is 11.9. The van der Waals surface area contributed by atoms with Gasteiger partial charge in [-0.15, -0.1) is 0 Å². The van der Waals surface area contributed by atoms with Crippen molar-refractivity contribution in [2.45, 2.75) is 19.5 Å². The molecule has 0 spiro atoms. The second-order valence-corrected chi connectivity index (χ2v) is 5.36. The number of aromatic nitrogens is 3. The lowest BCUT2D eigenvalue weighted by Gasteiger charge is -2.06. The first-order valence-electron chi connectivity index (χ1n) is 7.00. The molecule has 2 heterocycles. The largest absolute Gasteiger partial charge is 0.350 e. The Balaban J connectivity index is 1.56. The summed E-state index contributed by atoms with van der Waals surface area (Å²) in [5.41, 5.74) is 1.82. The lowest BCUT2D eigenvalue weighted by molar-refractivity contribution is -0.121. The summed E-state index contributed by atoms with van der Waals surface area (Å²) in [5, 5.41) is 8.80. The number of pyridine rings is 1. The number of fused-ring (bicyclic) bond motifs is 1. The number of hydrogen-bond donors (Lipinski definition) is 1. The molecule has 5 nitrogen and oxygen atoms in total. The standard InChI is InChI=1S/C16H15ClN4O/c17-13-4-5-15-12(9-13)10-20-21(15)8-6-16(22)19-11-14-3-1-2-7-18-14/h1-5,7,9-10H,6,8,11H2,(H,19,22). The van der Waals surface area contributed by atoms with Crippen molar-refractivity contribution in [2.24, 2.45) is 0 Å². The van der Waals surface area contributed by atoms with Gasteiger partial charge in [0, 0.05) is 23.0 Å². The first-order valence-corrected chi connectivity index (χ1v) is 7.38. The molecule has 0 aliphatic rings. The molecule has 6 heteroatoms. The number of benzene rings is 1. The van der Waals surface area contributed by atoms with Gasteiger partial charge in [-0.3, -0.25) is 14.5 Å².